The van der Waals surface area contributed by atoms with Crippen LogP contribution in [-0.4, -0.2) is 31.9 Å². The highest BCUT2D eigenvalue weighted by atomic mass is 79.9. The van der Waals surface area contributed by atoms with Crippen molar-refractivity contribution < 1.29 is 56.5 Å². The van der Waals surface area contributed by atoms with E-state index in [1.807, 2.05) is 0 Å². The van der Waals surface area contributed by atoms with Gasteiger partial charge in [0, 0.05) is 20.1 Å². The lowest BCUT2D eigenvalue weighted by Gasteiger charge is -2.31. The van der Waals surface area contributed by atoms with Gasteiger partial charge in [-0.3, -0.25) is 0 Å². The Labute approximate surface area is 185 Å². The zero-order chi connectivity index (χ0) is 24.6. The predicted molar refractivity (Wildman–Crippen MR) is 95.7 cm³/mol. The van der Waals surface area contributed by atoms with Crippen molar-refractivity contribution in [2.45, 2.75) is 43.3 Å². The van der Waals surface area contributed by atoms with Crippen molar-refractivity contribution in [2.24, 2.45) is 0 Å². The maximum Gasteiger partial charge on any atom is 0.534 e. The normalized spacial score (nSPS) is 15.0. The Morgan fingerprint density at radius 3 is 1.71 bits per heavy atom. The first-order valence-corrected chi connectivity index (χ1v) is 10.7. The summed E-state index contributed by atoms with van der Waals surface area (Å²) in [6.07, 6.45) is -8.75. The van der Waals surface area contributed by atoms with Gasteiger partial charge in [-0.15, -0.1) is 0 Å². The standard InChI is InChI=1S/C15H10Br2F10O3S/c1-2-3-10(12(18,19)13(20,21)14(22,23)24)11(30-31(28,29)15(25,26)27)7-4-8(16)6-9(17)5-7/h4-6H,2-3H2,1H3/b11-10+. The van der Waals surface area contributed by atoms with E-state index < -0.39 is 63.4 Å². The molecule has 0 unspecified atom stereocenters. The highest BCUT2D eigenvalue weighted by Crippen LogP contribution is 2.53. The molecule has 0 aliphatic heterocycles. The second-order valence-electron chi connectivity index (χ2n) is 5.85. The molecule has 31 heavy (non-hydrogen) atoms. The molecule has 0 radical (unpaired) electrons. The van der Waals surface area contributed by atoms with Crippen LogP contribution in [0.25, 0.3) is 5.76 Å². The fourth-order valence-electron chi connectivity index (χ4n) is 2.15. The van der Waals surface area contributed by atoms with Crippen LogP contribution in [0.5, 0.6) is 0 Å². The number of hydrogen-bond acceptors (Lipinski definition) is 3. The Kier molecular flexibility index (Phi) is 8.20. The van der Waals surface area contributed by atoms with Crippen LogP contribution >= 0.6 is 31.9 Å². The van der Waals surface area contributed by atoms with Gasteiger partial charge in [-0.05, 0) is 24.6 Å². The maximum atomic E-state index is 14.5. The lowest BCUT2D eigenvalue weighted by molar-refractivity contribution is -0.344. The first-order valence-electron chi connectivity index (χ1n) is 7.72. The van der Waals surface area contributed by atoms with Crippen LogP contribution < -0.4 is 0 Å². The zero-order valence-electron chi connectivity index (χ0n) is 14.8. The topological polar surface area (TPSA) is 43.4 Å². The molecule has 0 saturated heterocycles. The monoisotopic (exact) mass is 618 g/mol. The van der Waals surface area contributed by atoms with Crippen molar-refractivity contribution in [2.75, 3.05) is 0 Å². The van der Waals surface area contributed by atoms with Crippen LogP contribution in [0.4, 0.5) is 43.9 Å². The van der Waals surface area contributed by atoms with Crippen molar-refractivity contribution in [1.29, 1.82) is 0 Å². The first-order chi connectivity index (χ1) is 13.7. The van der Waals surface area contributed by atoms with Gasteiger partial charge >= 0.3 is 33.6 Å². The SMILES string of the molecule is CCC/C(=C(\OS(=O)(=O)C(F)(F)F)c1cc(Br)cc(Br)c1)C(F)(F)C(F)(F)C(F)(F)F. The average molecular weight is 620 g/mol. The Morgan fingerprint density at radius 1 is 0.903 bits per heavy atom. The van der Waals surface area contributed by atoms with Crippen LogP contribution in [0.2, 0.25) is 0 Å². The lowest BCUT2D eigenvalue weighted by atomic mass is 9.94. The van der Waals surface area contributed by atoms with E-state index in [0.717, 1.165) is 6.92 Å². The molecule has 1 aromatic carbocycles. The maximum absolute atomic E-state index is 14.5. The van der Waals surface area contributed by atoms with E-state index in [1.165, 1.54) is 6.07 Å². The number of allylic oxidation sites excluding steroid dienone is 1. The molecular formula is C15H10Br2F10O3S. The quantitative estimate of drug-likeness (QED) is 0.138. The highest BCUT2D eigenvalue weighted by Gasteiger charge is 2.74. The van der Waals surface area contributed by atoms with Crippen LogP contribution in [0.15, 0.2) is 32.7 Å². The molecule has 0 aromatic heterocycles. The molecule has 3 nitrogen and oxygen atoms in total. The van der Waals surface area contributed by atoms with E-state index >= 15 is 0 Å². The molecule has 0 N–H and O–H groups in total. The summed E-state index contributed by atoms with van der Waals surface area (Å²) in [4.78, 5) is 0. The van der Waals surface area contributed by atoms with Gasteiger partial charge in [0.25, 0.3) is 0 Å². The molecule has 1 aromatic rings. The molecule has 0 saturated carbocycles. The Hall–Kier alpha value is -1.03. The summed E-state index contributed by atoms with van der Waals surface area (Å²) in [6.45, 7) is 1.04. The van der Waals surface area contributed by atoms with Crippen molar-refractivity contribution in [1.82, 2.24) is 0 Å². The lowest BCUT2D eigenvalue weighted by Crippen LogP contribution is -2.53. The van der Waals surface area contributed by atoms with Crippen LogP contribution in [-0.2, 0) is 14.3 Å². The molecule has 0 bridgehead atoms. The minimum Gasteiger partial charge on any atom is -0.375 e. The molecule has 0 aliphatic rings. The molecule has 0 aliphatic carbocycles. The third-order valence-corrected chi connectivity index (χ3v) is 5.37. The first kappa shape index (κ1) is 28.0. The third-order valence-electron chi connectivity index (χ3n) is 3.50. The molecule has 0 heterocycles. The van der Waals surface area contributed by atoms with E-state index in [2.05, 4.69) is 36.0 Å². The van der Waals surface area contributed by atoms with Gasteiger partial charge in [0.2, 0.25) is 0 Å². The fraction of sp³-hybridized carbons (Fsp3) is 0.467. The van der Waals surface area contributed by atoms with E-state index in [9.17, 15) is 52.3 Å². The minimum absolute atomic E-state index is 0.0795. The van der Waals surface area contributed by atoms with Gasteiger partial charge in [0.1, 0.15) is 0 Å². The molecular weight excluding hydrogens is 610 g/mol. The Bertz CT molecular complexity index is 933. The van der Waals surface area contributed by atoms with E-state index in [1.54, 1.807) is 0 Å². The molecule has 16 heteroatoms. The fourth-order valence-corrected chi connectivity index (χ4v) is 3.95. The summed E-state index contributed by atoms with van der Waals surface area (Å²) in [5.41, 5.74) is -9.41. The summed E-state index contributed by atoms with van der Waals surface area (Å²) < 4.78 is 159. The van der Waals surface area contributed by atoms with Crippen molar-refractivity contribution in [3.05, 3.63) is 38.3 Å². The number of benzene rings is 1. The van der Waals surface area contributed by atoms with Gasteiger partial charge in [0.15, 0.2) is 5.76 Å². The largest absolute Gasteiger partial charge is 0.534 e. The van der Waals surface area contributed by atoms with Crippen LogP contribution in [0.1, 0.15) is 25.3 Å². The number of rotatable bonds is 7. The van der Waals surface area contributed by atoms with Gasteiger partial charge < -0.3 is 4.18 Å². The van der Waals surface area contributed by atoms with Crippen molar-refractivity contribution >= 4 is 47.7 Å². The Morgan fingerprint density at radius 2 is 1.35 bits per heavy atom. The van der Waals surface area contributed by atoms with E-state index in [0.29, 0.717) is 12.1 Å². The minimum atomic E-state index is -6.82. The van der Waals surface area contributed by atoms with Gasteiger partial charge in [-0.1, -0.05) is 45.2 Å². The number of halogens is 12. The molecule has 0 spiro atoms. The molecule has 1 rings (SSSR count). The second-order valence-corrected chi connectivity index (χ2v) is 9.21. The van der Waals surface area contributed by atoms with Gasteiger partial charge in [0.05, 0.1) is 0 Å². The van der Waals surface area contributed by atoms with Crippen molar-refractivity contribution in [3.63, 3.8) is 0 Å². The summed E-state index contributed by atoms with van der Waals surface area (Å²) in [5, 5.41) is 0. The molecule has 0 fully saturated rings. The Balaban J connectivity index is 4.05. The smallest absolute Gasteiger partial charge is 0.375 e. The molecule has 0 atom stereocenters. The number of hydrogen-bond donors (Lipinski definition) is 0. The van der Waals surface area contributed by atoms with Gasteiger partial charge in [-0.2, -0.15) is 52.3 Å². The summed E-state index contributed by atoms with van der Waals surface area (Å²) in [6, 6.07) is 2.59. The third kappa shape index (κ3) is 5.86. The zero-order valence-corrected chi connectivity index (χ0v) is 18.8. The molecule has 0 amide bonds. The highest BCUT2D eigenvalue weighted by molar-refractivity contribution is 9.11. The van der Waals surface area contributed by atoms with E-state index in [4.69, 9.17) is 0 Å². The van der Waals surface area contributed by atoms with Crippen molar-refractivity contribution in [3.8, 4) is 0 Å². The second kappa shape index (κ2) is 9.08. The number of alkyl halides is 10. The van der Waals surface area contributed by atoms with Gasteiger partial charge in [-0.25, -0.2) is 0 Å². The summed E-state index contributed by atoms with van der Waals surface area (Å²) in [5.74, 6) is -14.9. The average Bonchev–Trinajstić information content (AvgIpc) is 2.54. The van der Waals surface area contributed by atoms with Crippen LogP contribution in [0, 0.1) is 0 Å². The summed E-state index contributed by atoms with van der Waals surface area (Å²) >= 11 is 5.63. The van der Waals surface area contributed by atoms with E-state index in [-0.39, 0.29) is 8.95 Å². The van der Waals surface area contributed by atoms with Crippen LogP contribution in [0.3, 0.4) is 0 Å². The predicted octanol–water partition coefficient (Wildman–Crippen LogP) is 7.42. The summed E-state index contributed by atoms with van der Waals surface area (Å²) in [7, 11) is -6.72. The molecule has 178 valence electrons.